The topological polar surface area (TPSA) is 67.1 Å². The summed E-state index contributed by atoms with van der Waals surface area (Å²) >= 11 is 1.62. The van der Waals surface area contributed by atoms with Crippen LogP contribution < -0.4 is 11.3 Å². The van der Waals surface area contributed by atoms with Crippen molar-refractivity contribution in [1.82, 2.24) is 14.9 Å². The predicted octanol–water partition coefficient (Wildman–Crippen LogP) is 2.06. The van der Waals surface area contributed by atoms with Gasteiger partial charge >= 0.3 is 0 Å². The van der Waals surface area contributed by atoms with Gasteiger partial charge in [0.15, 0.2) is 5.82 Å². The number of fused-ring (bicyclic) bond motifs is 1. The lowest BCUT2D eigenvalue weighted by molar-refractivity contribution is 0.308. The Kier molecular flexibility index (Phi) is 3.38. The lowest BCUT2D eigenvalue weighted by Gasteiger charge is -2.14. The minimum atomic E-state index is 0.724. The van der Waals surface area contributed by atoms with Crippen molar-refractivity contribution in [3.05, 3.63) is 17.3 Å². The number of likely N-dealkylation sites (tertiary alicyclic amines) is 1. The van der Waals surface area contributed by atoms with Crippen molar-refractivity contribution in [1.29, 1.82) is 0 Å². The average molecular weight is 277 g/mol. The van der Waals surface area contributed by atoms with Crippen molar-refractivity contribution in [3.8, 4) is 0 Å². The van der Waals surface area contributed by atoms with Gasteiger partial charge in [0.05, 0.1) is 11.9 Å². The molecule has 2 atom stereocenters. The molecular weight excluding hydrogens is 258 g/mol. The first-order chi connectivity index (χ1) is 9.17. The maximum atomic E-state index is 5.55. The third-order valence-corrected chi connectivity index (χ3v) is 4.74. The van der Waals surface area contributed by atoms with Crippen LogP contribution in [0.2, 0.25) is 0 Å². The second kappa shape index (κ2) is 5.03. The molecule has 5 nitrogen and oxygen atoms in total. The minimum Gasteiger partial charge on any atom is -0.308 e. The summed E-state index contributed by atoms with van der Waals surface area (Å²) in [7, 11) is 0. The molecule has 1 aliphatic rings. The summed E-state index contributed by atoms with van der Waals surface area (Å²) in [5.74, 6) is 8.62. The van der Waals surface area contributed by atoms with Crippen LogP contribution in [0.4, 0.5) is 5.82 Å². The van der Waals surface area contributed by atoms with Crippen LogP contribution >= 0.6 is 11.3 Å². The molecule has 0 aromatic carbocycles. The zero-order chi connectivity index (χ0) is 13.4. The largest absolute Gasteiger partial charge is 0.308 e. The van der Waals surface area contributed by atoms with Crippen LogP contribution in [0.25, 0.3) is 10.2 Å². The van der Waals surface area contributed by atoms with Crippen molar-refractivity contribution >= 4 is 27.4 Å². The molecule has 0 bridgehead atoms. The van der Waals surface area contributed by atoms with E-state index in [4.69, 9.17) is 5.84 Å². The van der Waals surface area contributed by atoms with Crippen molar-refractivity contribution in [2.24, 2.45) is 17.7 Å². The highest BCUT2D eigenvalue weighted by atomic mass is 32.1. The lowest BCUT2D eigenvalue weighted by atomic mass is 10.0. The number of anilines is 1. The zero-order valence-corrected chi connectivity index (χ0v) is 12.1. The van der Waals surface area contributed by atoms with Gasteiger partial charge in [-0.25, -0.2) is 15.8 Å². The van der Waals surface area contributed by atoms with Gasteiger partial charge < -0.3 is 5.43 Å². The van der Waals surface area contributed by atoms with Gasteiger partial charge in [0, 0.05) is 13.1 Å². The fourth-order valence-corrected chi connectivity index (χ4v) is 3.44. The molecule has 2 aromatic rings. The van der Waals surface area contributed by atoms with Gasteiger partial charge in [-0.3, -0.25) is 4.90 Å². The second-order valence-corrected chi connectivity index (χ2v) is 6.32. The van der Waals surface area contributed by atoms with Crippen LogP contribution in [-0.4, -0.2) is 28.0 Å². The molecule has 1 fully saturated rings. The van der Waals surface area contributed by atoms with Gasteiger partial charge in [0.1, 0.15) is 10.7 Å². The van der Waals surface area contributed by atoms with Crippen LogP contribution in [0.15, 0.2) is 11.4 Å². The Labute approximate surface area is 116 Å². The molecular formula is C13H19N5S. The van der Waals surface area contributed by atoms with Gasteiger partial charge in [0.2, 0.25) is 0 Å². The Bertz CT molecular complexity index is 571. The maximum Gasteiger partial charge on any atom is 0.152 e. The normalized spacial score (nSPS) is 24.2. The third kappa shape index (κ3) is 2.43. The van der Waals surface area contributed by atoms with Crippen LogP contribution in [-0.2, 0) is 6.54 Å². The highest BCUT2D eigenvalue weighted by Gasteiger charge is 2.26. The van der Waals surface area contributed by atoms with Crippen LogP contribution in [0, 0.1) is 11.8 Å². The SMILES string of the molecule is CC1CN(Cc2nc(NN)c3ccsc3n2)CC1C. The van der Waals surface area contributed by atoms with Crippen molar-refractivity contribution in [2.45, 2.75) is 20.4 Å². The van der Waals surface area contributed by atoms with Crippen molar-refractivity contribution in [3.63, 3.8) is 0 Å². The van der Waals surface area contributed by atoms with E-state index in [-0.39, 0.29) is 0 Å². The fourth-order valence-electron chi connectivity index (χ4n) is 2.66. The van der Waals surface area contributed by atoms with E-state index in [0.717, 1.165) is 53.3 Å². The van der Waals surface area contributed by atoms with E-state index in [9.17, 15) is 0 Å². The van der Waals surface area contributed by atoms with E-state index in [1.807, 2.05) is 11.4 Å². The van der Waals surface area contributed by atoms with E-state index in [1.165, 1.54) is 0 Å². The molecule has 2 aromatic heterocycles. The summed E-state index contributed by atoms with van der Waals surface area (Å²) < 4.78 is 0. The molecule has 0 aliphatic carbocycles. The Morgan fingerprint density at radius 3 is 2.79 bits per heavy atom. The molecule has 102 valence electrons. The van der Waals surface area contributed by atoms with Gasteiger partial charge in [-0.1, -0.05) is 13.8 Å². The smallest absolute Gasteiger partial charge is 0.152 e. The number of nitrogen functional groups attached to an aromatic ring is 1. The number of nitrogens with one attached hydrogen (secondary N) is 1. The van der Waals surface area contributed by atoms with Gasteiger partial charge in [-0.15, -0.1) is 11.3 Å². The number of nitrogens with zero attached hydrogens (tertiary/aromatic N) is 3. The monoisotopic (exact) mass is 277 g/mol. The number of hydrogen-bond acceptors (Lipinski definition) is 6. The Balaban J connectivity index is 1.85. The Morgan fingerprint density at radius 2 is 2.11 bits per heavy atom. The van der Waals surface area contributed by atoms with Crippen LogP contribution in [0.1, 0.15) is 19.7 Å². The molecule has 0 radical (unpaired) electrons. The number of thiophene rings is 1. The molecule has 0 saturated carbocycles. The molecule has 0 spiro atoms. The summed E-state index contributed by atoms with van der Waals surface area (Å²) in [5.41, 5.74) is 2.68. The lowest BCUT2D eigenvalue weighted by Crippen LogP contribution is -2.22. The molecule has 1 saturated heterocycles. The van der Waals surface area contributed by atoms with E-state index >= 15 is 0 Å². The molecule has 3 N–H and O–H groups in total. The highest BCUT2D eigenvalue weighted by molar-refractivity contribution is 7.16. The van der Waals surface area contributed by atoms with Crippen LogP contribution in [0.3, 0.4) is 0 Å². The molecule has 19 heavy (non-hydrogen) atoms. The number of aromatic nitrogens is 2. The molecule has 3 heterocycles. The summed E-state index contributed by atoms with van der Waals surface area (Å²) in [4.78, 5) is 12.6. The van der Waals surface area contributed by atoms with Gasteiger partial charge in [-0.05, 0) is 23.3 Å². The molecule has 0 amide bonds. The first-order valence-corrected chi connectivity index (χ1v) is 7.48. The molecule has 3 rings (SSSR count). The Hall–Kier alpha value is -1.24. The summed E-state index contributed by atoms with van der Waals surface area (Å²) in [6.45, 7) is 7.66. The van der Waals surface area contributed by atoms with E-state index in [1.54, 1.807) is 11.3 Å². The van der Waals surface area contributed by atoms with Crippen LogP contribution in [0.5, 0.6) is 0 Å². The standard InChI is InChI=1S/C13H19N5S/c1-8-5-18(6-9(8)2)7-11-15-12(17-14)10-3-4-19-13(10)16-11/h3-4,8-9H,5-7,14H2,1-2H3,(H,15,16,17). The first kappa shape index (κ1) is 12.8. The first-order valence-electron chi connectivity index (χ1n) is 6.60. The third-order valence-electron chi connectivity index (χ3n) is 3.94. The average Bonchev–Trinajstić information content (AvgIpc) is 2.96. The summed E-state index contributed by atoms with van der Waals surface area (Å²) in [6, 6.07) is 2.00. The van der Waals surface area contributed by atoms with E-state index in [0.29, 0.717) is 0 Å². The van der Waals surface area contributed by atoms with Crippen molar-refractivity contribution < 1.29 is 0 Å². The van der Waals surface area contributed by atoms with Gasteiger partial charge in [0.25, 0.3) is 0 Å². The number of nitrogens with two attached hydrogens (primary N) is 1. The highest BCUT2D eigenvalue weighted by Crippen LogP contribution is 2.26. The number of hydrazine groups is 1. The van der Waals surface area contributed by atoms with Gasteiger partial charge in [-0.2, -0.15) is 0 Å². The second-order valence-electron chi connectivity index (χ2n) is 5.42. The van der Waals surface area contributed by atoms with Crippen molar-refractivity contribution in [2.75, 3.05) is 18.5 Å². The molecule has 1 aliphatic heterocycles. The molecule has 2 unspecified atom stereocenters. The van der Waals surface area contributed by atoms with E-state index in [2.05, 4.69) is 34.1 Å². The minimum absolute atomic E-state index is 0.724. The Morgan fingerprint density at radius 1 is 1.37 bits per heavy atom. The zero-order valence-electron chi connectivity index (χ0n) is 11.3. The quantitative estimate of drug-likeness (QED) is 0.664. The number of hydrogen-bond donors (Lipinski definition) is 2. The predicted molar refractivity (Wildman–Crippen MR) is 78.8 cm³/mol. The summed E-state index contributed by atoms with van der Waals surface area (Å²) in [6.07, 6.45) is 0. The number of rotatable bonds is 3. The fraction of sp³-hybridized carbons (Fsp3) is 0.538. The van der Waals surface area contributed by atoms with E-state index < -0.39 is 0 Å². The molecule has 6 heteroatoms. The maximum absolute atomic E-state index is 5.55. The summed E-state index contributed by atoms with van der Waals surface area (Å²) in [5, 5.41) is 3.02.